The number of anilines is 1. The Bertz CT molecular complexity index is 715. The van der Waals surface area contributed by atoms with E-state index in [9.17, 15) is 22.8 Å². The van der Waals surface area contributed by atoms with E-state index in [1.165, 1.54) is 0 Å². The summed E-state index contributed by atoms with van der Waals surface area (Å²) in [6, 6.07) is 1.65. The van der Waals surface area contributed by atoms with E-state index in [4.69, 9.17) is 0 Å². The molecule has 0 fully saturated rings. The number of guanidine groups is 1. The fraction of sp³-hybridized carbons (Fsp3) is 0.500. The summed E-state index contributed by atoms with van der Waals surface area (Å²) in [6.07, 6.45) is 0.262. The van der Waals surface area contributed by atoms with Crippen molar-refractivity contribution in [3.63, 3.8) is 0 Å². The molecule has 0 aliphatic rings. The van der Waals surface area contributed by atoms with Crippen molar-refractivity contribution in [2.75, 3.05) is 38.0 Å². The van der Waals surface area contributed by atoms with Gasteiger partial charge in [0.15, 0.2) is 23.4 Å². The van der Waals surface area contributed by atoms with Gasteiger partial charge in [0.1, 0.15) is 6.54 Å². The molecule has 0 saturated carbocycles. The highest BCUT2D eigenvalue weighted by Crippen LogP contribution is 2.19. The third kappa shape index (κ3) is 8.88. The van der Waals surface area contributed by atoms with Gasteiger partial charge >= 0.3 is 0 Å². The normalized spacial score (nSPS) is 10.8. The van der Waals surface area contributed by atoms with E-state index in [0.717, 1.165) is 12.1 Å². The first-order valence-corrected chi connectivity index (χ1v) is 9.07. The maximum Gasteiger partial charge on any atom is 0.246 e. The minimum Gasteiger partial charge on any atom is -0.357 e. The molecule has 3 N–H and O–H groups in total. The number of carbonyl (C=O) groups excluding carboxylic acids is 2. The third-order valence-electron chi connectivity index (χ3n) is 3.78. The average Bonchev–Trinajstić information content (AvgIpc) is 2.67. The molecule has 0 radical (unpaired) electrons. The number of carbonyl (C=O) groups is 2. The first kappa shape index (κ1) is 27.0. The van der Waals surface area contributed by atoms with Crippen LogP contribution >= 0.6 is 24.0 Å². The zero-order valence-electron chi connectivity index (χ0n) is 16.7. The first-order chi connectivity index (χ1) is 13.3. The zero-order chi connectivity index (χ0) is 21.1. The molecule has 29 heavy (non-hydrogen) atoms. The largest absolute Gasteiger partial charge is 0.357 e. The van der Waals surface area contributed by atoms with Crippen LogP contribution in [0.4, 0.5) is 18.9 Å². The molecular weight excluding hydrogens is 502 g/mol. The summed E-state index contributed by atoms with van der Waals surface area (Å²) in [7, 11) is 0. The van der Waals surface area contributed by atoms with Gasteiger partial charge < -0.3 is 20.9 Å². The van der Waals surface area contributed by atoms with E-state index < -0.39 is 29.0 Å². The SMILES string of the molecule is CCNC(=NCC(=O)Nc1ccc(F)c(F)c1F)NCCC(=O)N(CC)CC.I. The molecule has 0 aliphatic heterocycles. The fourth-order valence-corrected chi connectivity index (χ4v) is 2.33. The molecule has 0 atom stereocenters. The maximum absolute atomic E-state index is 13.6. The van der Waals surface area contributed by atoms with Crippen molar-refractivity contribution in [3.05, 3.63) is 29.6 Å². The van der Waals surface area contributed by atoms with Gasteiger partial charge in [0.05, 0.1) is 5.69 Å². The van der Waals surface area contributed by atoms with Gasteiger partial charge in [-0.25, -0.2) is 18.2 Å². The standard InChI is InChI=1S/C18H26F3N5O2.HI/c1-4-22-18(23-10-9-15(28)26(5-2)6-3)24-11-14(27)25-13-8-7-12(19)16(20)17(13)21;/h7-8H,4-6,9-11H2,1-3H3,(H,25,27)(H2,22,23,24);1H. The number of nitrogens with zero attached hydrogens (tertiary/aromatic N) is 2. The number of hydrogen-bond acceptors (Lipinski definition) is 3. The van der Waals surface area contributed by atoms with Crippen LogP contribution in [0.1, 0.15) is 27.2 Å². The summed E-state index contributed by atoms with van der Waals surface area (Å²) in [6.45, 7) is 7.35. The molecule has 11 heteroatoms. The lowest BCUT2D eigenvalue weighted by molar-refractivity contribution is -0.130. The van der Waals surface area contributed by atoms with Crippen molar-refractivity contribution in [3.8, 4) is 0 Å². The average molecular weight is 529 g/mol. The highest BCUT2D eigenvalue weighted by atomic mass is 127. The predicted molar refractivity (Wildman–Crippen MR) is 117 cm³/mol. The zero-order valence-corrected chi connectivity index (χ0v) is 19.0. The van der Waals surface area contributed by atoms with Gasteiger partial charge in [-0.2, -0.15) is 0 Å². The Hall–Kier alpha value is -2.05. The molecule has 1 rings (SSSR count). The molecule has 2 amide bonds. The van der Waals surface area contributed by atoms with Gasteiger partial charge in [-0.1, -0.05) is 0 Å². The van der Waals surface area contributed by atoms with Crippen LogP contribution in [0.5, 0.6) is 0 Å². The number of benzene rings is 1. The third-order valence-corrected chi connectivity index (χ3v) is 3.78. The number of halogens is 4. The second-order valence-corrected chi connectivity index (χ2v) is 5.71. The van der Waals surface area contributed by atoms with Crippen LogP contribution in [0.2, 0.25) is 0 Å². The Morgan fingerprint density at radius 3 is 2.28 bits per heavy atom. The second kappa shape index (κ2) is 14.0. The van der Waals surface area contributed by atoms with Crippen molar-refractivity contribution in [2.45, 2.75) is 27.2 Å². The van der Waals surface area contributed by atoms with Crippen LogP contribution in [0.3, 0.4) is 0 Å². The van der Waals surface area contributed by atoms with Crippen LogP contribution in [0.25, 0.3) is 0 Å². The topological polar surface area (TPSA) is 85.8 Å². The van der Waals surface area contributed by atoms with E-state index in [1.54, 1.807) is 4.90 Å². The molecule has 0 heterocycles. The van der Waals surface area contributed by atoms with Crippen molar-refractivity contribution < 1.29 is 22.8 Å². The number of rotatable bonds is 9. The lowest BCUT2D eigenvalue weighted by Gasteiger charge is -2.19. The molecule has 7 nitrogen and oxygen atoms in total. The summed E-state index contributed by atoms with van der Waals surface area (Å²) in [5.74, 6) is -4.88. The van der Waals surface area contributed by atoms with E-state index in [0.29, 0.717) is 32.1 Å². The van der Waals surface area contributed by atoms with E-state index in [-0.39, 0.29) is 42.8 Å². The van der Waals surface area contributed by atoms with Crippen molar-refractivity contribution in [2.24, 2.45) is 4.99 Å². The van der Waals surface area contributed by atoms with Gasteiger partial charge in [-0.05, 0) is 32.9 Å². The monoisotopic (exact) mass is 529 g/mol. The highest BCUT2D eigenvalue weighted by molar-refractivity contribution is 14.0. The molecule has 0 aliphatic carbocycles. The molecule has 0 aromatic heterocycles. The predicted octanol–water partition coefficient (Wildman–Crippen LogP) is 2.47. The smallest absolute Gasteiger partial charge is 0.246 e. The van der Waals surface area contributed by atoms with Crippen LogP contribution in [-0.4, -0.2) is 55.4 Å². The van der Waals surface area contributed by atoms with Gasteiger partial charge in [0.25, 0.3) is 0 Å². The van der Waals surface area contributed by atoms with Crippen molar-refractivity contribution in [1.29, 1.82) is 0 Å². The van der Waals surface area contributed by atoms with Gasteiger partial charge in [0.2, 0.25) is 11.8 Å². The molecule has 0 bridgehead atoms. The number of hydrogen-bond donors (Lipinski definition) is 3. The Labute approximate surface area is 185 Å². The highest BCUT2D eigenvalue weighted by Gasteiger charge is 2.15. The first-order valence-electron chi connectivity index (χ1n) is 9.07. The van der Waals surface area contributed by atoms with Crippen LogP contribution < -0.4 is 16.0 Å². The molecule has 0 unspecified atom stereocenters. The van der Waals surface area contributed by atoms with Crippen LogP contribution in [0, 0.1) is 17.5 Å². The Kier molecular flexibility index (Phi) is 13.0. The molecule has 0 spiro atoms. The summed E-state index contributed by atoms with van der Waals surface area (Å²) in [4.78, 5) is 29.6. The number of nitrogens with one attached hydrogen (secondary N) is 3. The lowest BCUT2D eigenvalue weighted by atomic mass is 10.3. The summed E-state index contributed by atoms with van der Waals surface area (Å²) in [5.41, 5.74) is -0.470. The molecule has 1 aromatic carbocycles. The lowest BCUT2D eigenvalue weighted by Crippen LogP contribution is -2.40. The number of amides is 2. The molecular formula is C18H27F3IN5O2. The second-order valence-electron chi connectivity index (χ2n) is 5.71. The fourth-order valence-electron chi connectivity index (χ4n) is 2.33. The number of aliphatic imine (C=N–C) groups is 1. The maximum atomic E-state index is 13.6. The van der Waals surface area contributed by atoms with E-state index in [1.807, 2.05) is 20.8 Å². The van der Waals surface area contributed by atoms with Gasteiger partial charge in [-0.3, -0.25) is 9.59 Å². The van der Waals surface area contributed by atoms with Crippen molar-refractivity contribution in [1.82, 2.24) is 15.5 Å². The molecule has 164 valence electrons. The molecule has 0 saturated heterocycles. The van der Waals surface area contributed by atoms with Gasteiger partial charge in [-0.15, -0.1) is 24.0 Å². The quantitative estimate of drug-likeness (QED) is 0.199. The Morgan fingerprint density at radius 2 is 1.69 bits per heavy atom. The Balaban J connectivity index is 0.00000784. The van der Waals surface area contributed by atoms with Gasteiger partial charge in [0, 0.05) is 32.6 Å². The molecule has 1 aromatic rings. The van der Waals surface area contributed by atoms with E-state index in [2.05, 4.69) is 20.9 Å². The minimum absolute atomic E-state index is 0. The summed E-state index contributed by atoms with van der Waals surface area (Å²) < 4.78 is 39.7. The van der Waals surface area contributed by atoms with E-state index >= 15 is 0 Å². The van der Waals surface area contributed by atoms with Crippen LogP contribution in [0.15, 0.2) is 17.1 Å². The summed E-state index contributed by atoms with van der Waals surface area (Å²) in [5, 5.41) is 7.98. The van der Waals surface area contributed by atoms with Crippen LogP contribution in [-0.2, 0) is 9.59 Å². The minimum atomic E-state index is -1.66. The Morgan fingerprint density at radius 1 is 1.03 bits per heavy atom. The summed E-state index contributed by atoms with van der Waals surface area (Å²) >= 11 is 0. The van der Waals surface area contributed by atoms with Crippen molar-refractivity contribution >= 4 is 47.4 Å².